The summed E-state index contributed by atoms with van der Waals surface area (Å²) in [5, 5.41) is 18.8. The van der Waals surface area contributed by atoms with Gasteiger partial charge in [0.25, 0.3) is 0 Å². The maximum atomic E-state index is 12.5. The maximum absolute atomic E-state index is 12.5. The van der Waals surface area contributed by atoms with E-state index in [1.165, 1.54) is 0 Å². The summed E-state index contributed by atoms with van der Waals surface area (Å²) in [5.41, 5.74) is 0. The van der Waals surface area contributed by atoms with Crippen molar-refractivity contribution in [2.45, 2.75) is 45.0 Å². The number of hydrogen-bond donors (Lipinski definition) is 2. The van der Waals surface area contributed by atoms with Crippen LogP contribution in [-0.2, 0) is 23.9 Å². The number of carbonyl (C=O) groups is 4. The van der Waals surface area contributed by atoms with Crippen LogP contribution in [0.5, 0.6) is 0 Å². The molecule has 11 heteroatoms. The van der Waals surface area contributed by atoms with Crippen LogP contribution in [0.4, 0.5) is 0 Å². The van der Waals surface area contributed by atoms with Crippen LogP contribution >= 0.6 is 63.7 Å². The van der Waals surface area contributed by atoms with Gasteiger partial charge >= 0.3 is 23.9 Å². The Morgan fingerprint density at radius 3 is 1.11 bits per heavy atom. The van der Waals surface area contributed by atoms with Crippen molar-refractivity contribution < 1.29 is 34.1 Å². The second-order valence-corrected chi connectivity index (χ2v) is 11.6. The summed E-state index contributed by atoms with van der Waals surface area (Å²) in [7, 11) is 0. The molecule has 152 valence electrons. The largest absolute Gasteiger partial charge is 0.481 e. The number of carboxylic acids is 2. The van der Waals surface area contributed by atoms with Gasteiger partial charge in [0, 0.05) is 19.3 Å². The van der Waals surface area contributed by atoms with Crippen LogP contribution in [0.3, 0.4) is 0 Å². The molecule has 0 aromatic rings. The molecule has 7 nitrogen and oxygen atoms in total. The molecule has 2 N–H and O–H groups in total. The smallest absolute Gasteiger partial charge is 0.317 e. The van der Waals surface area contributed by atoms with Crippen LogP contribution in [0.25, 0.3) is 0 Å². The van der Waals surface area contributed by atoms with E-state index in [-0.39, 0.29) is 45.0 Å². The second kappa shape index (κ2) is 9.67. The number of esters is 2. The monoisotopic (exact) mass is 638 g/mol. The van der Waals surface area contributed by atoms with Crippen LogP contribution in [0.2, 0.25) is 0 Å². The molecule has 0 aliphatic heterocycles. The minimum Gasteiger partial charge on any atom is -0.481 e. The average molecular weight is 642 g/mol. The lowest BCUT2D eigenvalue weighted by atomic mass is 9.78. The number of rotatable bonds is 4. The topological polar surface area (TPSA) is 118 Å². The first-order valence-electron chi connectivity index (χ1n) is 8.30. The first-order chi connectivity index (χ1) is 12.5. The lowest BCUT2D eigenvalue weighted by Gasteiger charge is -2.35. The van der Waals surface area contributed by atoms with E-state index in [0.717, 1.165) is 0 Å². The third-order valence-corrected chi connectivity index (χ3v) is 10.6. The molecule has 0 spiro atoms. The number of alkyl halides is 4. The summed E-state index contributed by atoms with van der Waals surface area (Å²) < 4.78 is 4.98. The van der Waals surface area contributed by atoms with Gasteiger partial charge in [0.15, 0.2) is 0 Å². The summed E-state index contributed by atoms with van der Waals surface area (Å²) >= 11 is 13.6. The minimum atomic E-state index is -1.13. The fourth-order valence-electron chi connectivity index (χ4n) is 3.54. The van der Waals surface area contributed by atoms with E-state index in [4.69, 9.17) is 4.74 Å². The molecule has 2 fully saturated rings. The molecule has 8 unspecified atom stereocenters. The van der Waals surface area contributed by atoms with Crippen LogP contribution in [0.1, 0.15) is 25.7 Å². The zero-order chi connectivity index (χ0) is 20.5. The second-order valence-electron chi connectivity index (χ2n) is 6.85. The Hall–Kier alpha value is -0.000000000000000222. The predicted molar refractivity (Wildman–Crippen MR) is 110 cm³/mol. The van der Waals surface area contributed by atoms with Gasteiger partial charge in [-0.1, -0.05) is 63.7 Å². The van der Waals surface area contributed by atoms with E-state index in [9.17, 15) is 29.4 Å². The molecule has 2 rings (SSSR count). The van der Waals surface area contributed by atoms with Gasteiger partial charge in [0.1, 0.15) is 0 Å². The summed E-state index contributed by atoms with van der Waals surface area (Å²) in [6, 6.07) is 0. The molecular formula is C16H18Br4O7. The van der Waals surface area contributed by atoms with Crippen LogP contribution in [-0.4, -0.2) is 53.4 Å². The molecule has 0 amide bonds. The van der Waals surface area contributed by atoms with Gasteiger partial charge in [0.2, 0.25) is 0 Å². The Morgan fingerprint density at radius 2 is 0.852 bits per heavy atom. The van der Waals surface area contributed by atoms with E-state index in [1.807, 2.05) is 0 Å². The number of hydrogen-bond acceptors (Lipinski definition) is 5. The van der Waals surface area contributed by atoms with Gasteiger partial charge in [-0.05, 0) is 25.7 Å². The van der Waals surface area contributed by atoms with Gasteiger partial charge in [-0.25, -0.2) is 0 Å². The van der Waals surface area contributed by atoms with Gasteiger partial charge in [-0.2, -0.15) is 0 Å². The van der Waals surface area contributed by atoms with Crippen LogP contribution in [0.15, 0.2) is 0 Å². The molecule has 0 heterocycles. The molecular weight excluding hydrogens is 624 g/mol. The molecule has 0 radical (unpaired) electrons. The molecule has 0 aromatic heterocycles. The van der Waals surface area contributed by atoms with Gasteiger partial charge in [0.05, 0.1) is 23.7 Å². The first-order valence-corrected chi connectivity index (χ1v) is 12.0. The highest BCUT2D eigenvalue weighted by molar-refractivity contribution is 9.12. The van der Waals surface area contributed by atoms with E-state index in [1.54, 1.807) is 0 Å². The van der Waals surface area contributed by atoms with E-state index in [2.05, 4.69) is 63.7 Å². The van der Waals surface area contributed by atoms with Crippen molar-refractivity contribution in [1.29, 1.82) is 0 Å². The highest BCUT2D eigenvalue weighted by atomic mass is 79.9. The number of carbonyl (C=O) groups excluding carboxylic acids is 2. The van der Waals surface area contributed by atoms with E-state index >= 15 is 0 Å². The quantitative estimate of drug-likeness (QED) is 0.275. The molecule has 0 saturated heterocycles. The number of aliphatic carboxylic acids is 2. The van der Waals surface area contributed by atoms with Gasteiger partial charge in [-0.3, -0.25) is 19.2 Å². The highest BCUT2D eigenvalue weighted by Gasteiger charge is 2.47. The lowest BCUT2D eigenvalue weighted by Crippen LogP contribution is -2.45. The van der Waals surface area contributed by atoms with Crippen molar-refractivity contribution >= 4 is 87.6 Å². The SMILES string of the molecule is O=C(O)C1CC(Br)C(Br)CC1C(=O)OC(=O)C1CC(Br)C(Br)CC1C(=O)O. The van der Waals surface area contributed by atoms with Crippen molar-refractivity contribution in [2.75, 3.05) is 0 Å². The fourth-order valence-corrected chi connectivity index (χ4v) is 6.01. The maximum Gasteiger partial charge on any atom is 0.317 e. The molecule has 2 saturated carbocycles. The average Bonchev–Trinajstić information content (AvgIpc) is 2.58. The van der Waals surface area contributed by atoms with Crippen molar-refractivity contribution in [3.63, 3.8) is 0 Å². The summed E-state index contributed by atoms with van der Waals surface area (Å²) in [6.07, 6.45) is 0.845. The third-order valence-electron chi connectivity index (χ3n) is 5.11. The Bertz CT molecular complexity index is 576. The zero-order valence-corrected chi connectivity index (χ0v) is 20.2. The van der Waals surface area contributed by atoms with Crippen LogP contribution < -0.4 is 0 Å². The third kappa shape index (κ3) is 5.54. The Kier molecular flexibility index (Phi) is 8.34. The summed E-state index contributed by atoms with van der Waals surface area (Å²) in [5.74, 6) is -7.96. The number of carboxylic acid groups (broad SMARTS) is 2. The van der Waals surface area contributed by atoms with Crippen molar-refractivity contribution in [3.8, 4) is 0 Å². The summed E-state index contributed by atoms with van der Waals surface area (Å²) in [6.45, 7) is 0. The Morgan fingerprint density at radius 1 is 0.593 bits per heavy atom. The molecule has 2 aliphatic rings. The van der Waals surface area contributed by atoms with Crippen LogP contribution in [0, 0.1) is 23.7 Å². The zero-order valence-electron chi connectivity index (χ0n) is 13.9. The number of ether oxygens (including phenoxy) is 1. The minimum absolute atomic E-state index is 0.113. The van der Waals surface area contributed by atoms with E-state index in [0.29, 0.717) is 0 Å². The summed E-state index contributed by atoms with van der Waals surface area (Å²) in [4.78, 5) is 47.6. The fraction of sp³-hybridized carbons (Fsp3) is 0.750. The predicted octanol–water partition coefficient (Wildman–Crippen LogP) is 3.33. The molecule has 27 heavy (non-hydrogen) atoms. The molecule has 0 aromatic carbocycles. The Labute approximate surface area is 189 Å². The first kappa shape index (κ1) is 23.3. The highest BCUT2D eigenvalue weighted by Crippen LogP contribution is 2.41. The standard InChI is InChI=1S/C16H18Br4O7/c17-9-1-5(13(21)22)7(3-11(9)19)15(25)27-16(26)8-4-12(20)10(18)2-6(8)14(23)24/h5-12H,1-4H2,(H,21,22)(H,23,24). The number of halogens is 4. The van der Waals surface area contributed by atoms with Gasteiger partial charge < -0.3 is 14.9 Å². The Balaban J connectivity index is 2.12. The normalized spacial score (nSPS) is 39.4. The van der Waals surface area contributed by atoms with Crippen molar-refractivity contribution in [2.24, 2.45) is 23.7 Å². The molecule has 8 atom stereocenters. The van der Waals surface area contributed by atoms with Gasteiger partial charge in [-0.15, -0.1) is 0 Å². The van der Waals surface area contributed by atoms with Crippen molar-refractivity contribution in [3.05, 3.63) is 0 Å². The molecule has 0 bridgehead atoms. The molecule has 2 aliphatic carbocycles. The van der Waals surface area contributed by atoms with Crippen molar-refractivity contribution in [1.82, 2.24) is 0 Å². The van der Waals surface area contributed by atoms with E-state index < -0.39 is 47.5 Å². The lowest BCUT2D eigenvalue weighted by molar-refractivity contribution is -0.173.